The fraction of sp³-hybridized carbons (Fsp3) is 0.435. The van der Waals surface area contributed by atoms with Crippen molar-refractivity contribution in [2.75, 3.05) is 44.6 Å². The van der Waals surface area contributed by atoms with Crippen LogP contribution in [0.3, 0.4) is 0 Å². The highest BCUT2D eigenvalue weighted by atomic mass is 16.5. The van der Waals surface area contributed by atoms with Crippen LogP contribution in [-0.4, -0.2) is 55.2 Å². The normalized spacial score (nSPS) is 15.3. The van der Waals surface area contributed by atoms with Gasteiger partial charge in [-0.05, 0) is 42.2 Å². The van der Waals surface area contributed by atoms with Gasteiger partial charge in [-0.2, -0.15) is 0 Å². The molecule has 1 saturated heterocycles. The number of hydrogen-bond acceptors (Lipinski definition) is 3. The number of rotatable bonds is 6. The molecule has 0 saturated carbocycles. The van der Waals surface area contributed by atoms with Gasteiger partial charge >= 0.3 is 6.03 Å². The highest BCUT2D eigenvalue weighted by Crippen LogP contribution is 2.17. The maximum absolute atomic E-state index is 12.6. The molecule has 1 aliphatic rings. The van der Waals surface area contributed by atoms with E-state index in [-0.39, 0.29) is 6.03 Å². The van der Waals surface area contributed by atoms with E-state index in [4.69, 9.17) is 4.74 Å². The van der Waals surface area contributed by atoms with Gasteiger partial charge in [0.05, 0.1) is 0 Å². The van der Waals surface area contributed by atoms with E-state index >= 15 is 0 Å². The Balaban J connectivity index is 1.43. The molecule has 1 fully saturated rings. The third-order valence-electron chi connectivity index (χ3n) is 5.12. The second-order valence-corrected chi connectivity index (χ2v) is 7.55. The smallest absolute Gasteiger partial charge is 0.321 e. The molecule has 1 aliphatic heterocycles. The van der Waals surface area contributed by atoms with Crippen molar-refractivity contribution in [3.63, 3.8) is 0 Å². The van der Waals surface area contributed by atoms with Crippen LogP contribution in [0.15, 0.2) is 54.6 Å². The second kappa shape index (κ2) is 10.1. The Morgan fingerprint density at radius 2 is 1.75 bits per heavy atom. The van der Waals surface area contributed by atoms with Crippen LogP contribution in [0.5, 0.6) is 5.75 Å². The Morgan fingerprint density at radius 1 is 1.00 bits per heavy atom. The lowest BCUT2D eigenvalue weighted by molar-refractivity contribution is 0.202. The van der Waals surface area contributed by atoms with Gasteiger partial charge in [-0.1, -0.05) is 44.2 Å². The van der Waals surface area contributed by atoms with Gasteiger partial charge in [-0.15, -0.1) is 0 Å². The zero-order chi connectivity index (χ0) is 19.8. The van der Waals surface area contributed by atoms with E-state index in [0.717, 1.165) is 50.6 Å². The van der Waals surface area contributed by atoms with Crippen molar-refractivity contribution in [2.24, 2.45) is 0 Å². The average molecular weight is 382 g/mol. The van der Waals surface area contributed by atoms with Crippen LogP contribution >= 0.6 is 0 Å². The Hall–Kier alpha value is -2.53. The minimum atomic E-state index is -0.0142. The van der Waals surface area contributed by atoms with E-state index < -0.39 is 0 Å². The summed E-state index contributed by atoms with van der Waals surface area (Å²) in [6, 6.07) is 18.0. The molecular weight excluding hydrogens is 350 g/mol. The maximum atomic E-state index is 12.6. The standard InChI is InChI=1S/C23H31N3O2/c1-19(2)20-9-11-21(12-10-20)24-23(27)26-14-6-13-25(15-16-26)17-18-28-22-7-4-3-5-8-22/h3-5,7-12,19H,6,13-18H2,1-2H3,(H,24,27). The molecule has 2 aromatic rings. The topological polar surface area (TPSA) is 44.8 Å². The number of para-hydroxylation sites is 1. The summed E-state index contributed by atoms with van der Waals surface area (Å²) in [5.74, 6) is 1.40. The molecule has 0 radical (unpaired) electrons. The monoisotopic (exact) mass is 381 g/mol. The van der Waals surface area contributed by atoms with Gasteiger partial charge in [-0.25, -0.2) is 4.79 Å². The van der Waals surface area contributed by atoms with Crippen molar-refractivity contribution >= 4 is 11.7 Å². The molecule has 3 rings (SSSR count). The third kappa shape index (κ3) is 5.99. The molecule has 2 amide bonds. The maximum Gasteiger partial charge on any atom is 0.321 e. The predicted octanol–water partition coefficient (Wildman–Crippen LogP) is 4.43. The fourth-order valence-corrected chi connectivity index (χ4v) is 3.36. The number of nitrogens with one attached hydrogen (secondary N) is 1. The summed E-state index contributed by atoms with van der Waals surface area (Å²) in [7, 11) is 0. The lowest BCUT2D eigenvalue weighted by atomic mass is 10.0. The van der Waals surface area contributed by atoms with Crippen molar-refractivity contribution in [1.29, 1.82) is 0 Å². The minimum Gasteiger partial charge on any atom is -0.492 e. The molecule has 28 heavy (non-hydrogen) atoms. The first-order chi connectivity index (χ1) is 13.6. The molecule has 0 atom stereocenters. The van der Waals surface area contributed by atoms with E-state index in [1.54, 1.807) is 0 Å². The number of benzene rings is 2. The van der Waals surface area contributed by atoms with Gasteiger partial charge in [0.25, 0.3) is 0 Å². The first-order valence-corrected chi connectivity index (χ1v) is 10.2. The molecule has 0 aromatic heterocycles. The molecule has 1 heterocycles. The Labute approximate surface area is 168 Å². The van der Waals surface area contributed by atoms with E-state index in [1.165, 1.54) is 5.56 Å². The average Bonchev–Trinajstić information content (AvgIpc) is 2.95. The zero-order valence-corrected chi connectivity index (χ0v) is 16.9. The van der Waals surface area contributed by atoms with Crippen molar-refractivity contribution in [3.05, 3.63) is 60.2 Å². The van der Waals surface area contributed by atoms with Gasteiger partial charge < -0.3 is 15.0 Å². The van der Waals surface area contributed by atoms with E-state index in [1.807, 2.05) is 47.4 Å². The summed E-state index contributed by atoms with van der Waals surface area (Å²) in [5, 5.41) is 3.03. The summed E-state index contributed by atoms with van der Waals surface area (Å²) in [5.41, 5.74) is 2.13. The molecule has 0 spiro atoms. The second-order valence-electron chi connectivity index (χ2n) is 7.55. The summed E-state index contributed by atoms with van der Waals surface area (Å²) in [6.45, 7) is 9.26. The number of carbonyl (C=O) groups is 1. The third-order valence-corrected chi connectivity index (χ3v) is 5.12. The van der Waals surface area contributed by atoms with E-state index in [2.05, 4.69) is 36.2 Å². The number of urea groups is 1. The Bertz CT molecular complexity index is 731. The number of anilines is 1. The highest BCUT2D eigenvalue weighted by Gasteiger charge is 2.19. The molecule has 0 aliphatic carbocycles. The number of nitrogens with zero attached hydrogens (tertiary/aromatic N) is 2. The largest absolute Gasteiger partial charge is 0.492 e. The molecule has 150 valence electrons. The van der Waals surface area contributed by atoms with Crippen LogP contribution < -0.4 is 10.1 Å². The van der Waals surface area contributed by atoms with Crippen molar-refractivity contribution in [1.82, 2.24) is 9.80 Å². The lowest BCUT2D eigenvalue weighted by Gasteiger charge is -2.22. The Kier molecular flexibility index (Phi) is 7.31. The number of carbonyl (C=O) groups excluding carboxylic acids is 1. The quantitative estimate of drug-likeness (QED) is 0.805. The summed E-state index contributed by atoms with van der Waals surface area (Å²) >= 11 is 0. The number of ether oxygens (including phenoxy) is 1. The first-order valence-electron chi connectivity index (χ1n) is 10.2. The van der Waals surface area contributed by atoms with E-state index in [9.17, 15) is 4.79 Å². The van der Waals surface area contributed by atoms with Crippen LogP contribution in [0.1, 0.15) is 31.7 Å². The van der Waals surface area contributed by atoms with Gasteiger partial charge in [0.2, 0.25) is 0 Å². The molecule has 5 heteroatoms. The number of amides is 2. The first kappa shape index (κ1) is 20.2. The summed E-state index contributed by atoms with van der Waals surface area (Å²) < 4.78 is 5.79. The fourth-order valence-electron chi connectivity index (χ4n) is 3.36. The predicted molar refractivity (Wildman–Crippen MR) is 114 cm³/mol. The van der Waals surface area contributed by atoms with Crippen LogP contribution in [0.4, 0.5) is 10.5 Å². The molecule has 0 bridgehead atoms. The molecule has 5 nitrogen and oxygen atoms in total. The van der Waals surface area contributed by atoms with Gasteiger partial charge in [0.15, 0.2) is 0 Å². The van der Waals surface area contributed by atoms with Crippen molar-refractivity contribution in [2.45, 2.75) is 26.2 Å². The van der Waals surface area contributed by atoms with Crippen LogP contribution in [0.25, 0.3) is 0 Å². The molecule has 2 aromatic carbocycles. The summed E-state index contributed by atoms with van der Waals surface area (Å²) in [6.07, 6.45) is 0.977. The molecule has 0 unspecified atom stereocenters. The van der Waals surface area contributed by atoms with Crippen LogP contribution in [-0.2, 0) is 0 Å². The lowest BCUT2D eigenvalue weighted by Crippen LogP contribution is -2.38. The van der Waals surface area contributed by atoms with Gasteiger partial charge in [-0.3, -0.25) is 4.90 Å². The van der Waals surface area contributed by atoms with Gasteiger partial charge in [0, 0.05) is 38.4 Å². The minimum absolute atomic E-state index is 0.0142. The molecule has 1 N–H and O–H groups in total. The van der Waals surface area contributed by atoms with Crippen LogP contribution in [0, 0.1) is 0 Å². The van der Waals surface area contributed by atoms with Crippen molar-refractivity contribution < 1.29 is 9.53 Å². The number of hydrogen-bond donors (Lipinski definition) is 1. The SMILES string of the molecule is CC(C)c1ccc(NC(=O)N2CCCN(CCOc3ccccc3)CC2)cc1. The van der Waals surface area contributed by atoms with Crippen LogP contribution in [0.2, 0.25) is 0 Å². The molecular formula is C23H31N3O2. The van der Waals surface area contributed by atoms with Gasteiger partial charge in [0.1, 0.15) is 12.4 Å². The summed E-state index contributed by atoms with van der Waals surface area (Å²) in [4.78, 5) is 16.9. The highest BCUT2D eigenvalue weighted by molar-refractivity contribution is 5.89. The Morgan fingerprint density at radius 3 is 2.46 bits per heavy atom. The van der Waals surface area contributed by atoms with Crippen molar-refractivity contribution in [3.8, 4) is 5.75 Å². The van der Waals surface area contributed by atoms with E-state index in [0.29, 0.717) is 12.5 Å². The zero-order valence-electron chi connectivity index (χ0n) is 16.9.